The molecular formula is C19H29ClIN5O. The first-order valence-electron chi connectivity index (χ1n) is 9.21. The molecule has 1 unspecified atom stereocenters. The maximum atomic E-state index is 12.6. The van der Waals surface area contributed by atoms with Gasteiger partial charge in [-0.15, -0.1) is 24.0 Å². The molecule has 27 heavy (non-hydrogen) atoms. The molecule has 1 aromatic carbocycles. The second kappa shape index (κ2) is 10.5. The third-order valence-corrected chi connectivity index (χ3v) is 5.41. The van der Waals surface area contributed by atoms with Crippen LogP contribution in [0.15, 0.2) is 29.3 Å². The van der Waals surface area contributed by atoms with Crippen LogP contribution in [0.4, 0.5) is 0 Å². The number of guanidine groups is 1. The van der Waals surface area contributed by atoms with E-state index < -0.39 is 0 Å². The molecule has 2 fully saturated rings. The lowest BCUT2D eigenvalue weighted by Crippen LogP contribution is -2.55. The highest BCUT2D eigenvalue weighted by molar-refractivity contribution is 14.0. The average Bonchev–Trinajstić information content (AvgIpc) is 3.05. The molecule has 1 atom stereocenters. The predicted molar refractivity (Wildman–Crippen MR) is 121 cm³/mol. The largest absolute Gasteiger partial charge is 0.356 e. The number of rotatable bonds is 4. The maximum absolute atomic E-state index is 12.6. The molecule has 1 N–H and O–H groups in total. The van der Waals surface area contributed by atoms with E-state index in [9.17, 15) is 4.79 Å². The standard InChI is InChI=1S/C19H28ClN5O.HI/c1-21-19(22-11-16-7-8-23(2)12-16)25-10-9-24(18(26)14-25)13-15-3-5-17(20)6-4-15;/h3-6,16H,7-14H2,1-2H3,(H,21,22);1H. The number of carbonyl (C=O) groups excluding carboxylic acids is 1. The summed E-state index contributed by atoms with van der Waals surface area (Å²) >= 11 is 5.93. The molecule has 2 aliphatic heterocycles. The van der Waals surface area contributed by atoms with E-state index >= 15 is 0 Å². The van der Waals surface area contributed by atoms with Crippen molar-refractivity contribution in [3.05, 3.63) is 34.9 Å². The topological polar surface area (TPSA) is 51.2 Å². The van der Waals surface area contributed by atoms with Gasteiger partial charge in [0.05, 0.1) is 6.54 Å². The number of aliphatic imine (C=N–C) groups is 1. The van der Waals surface area contributed by atoms with Crippen molar-refractivity contribution < 1.29 is 4.79 Å². The van der Waals surface area contributed by atoms with Gasteiger partial charge in [-0.25, -0.2) is 0 Å². The van der Waals surface area contributed by atoms with Gasteiger partial charge in [-0.1, -0.05) is 23.7 Å². The fraction of sp³-hybridized carbons (Fsp3) is 0.579. The van der Waals surface area contributed by atoms with Crippen molar-refractivity contribution in [1.82, 2.24) is 20.0 Å². The van der Waals surface area contributed by atoms with E-state index in [2.05, 4.69) is 27.2 Å². The van der Waals surface area contributed by atoms with Gasteiger partial charge >= 0.3 is 0 Å². The van der Waals surface area contributed by atoms with Crippen LogP contribution in [-0.4, -0.2) is 79.9 Å². The number of hydrogen-bond donors (Lipinski definition) is 1. The third kappa shape index (κ3) is 6.22. The van der Waals surface area contributed by atoms with Crippen LogP contribution in [0.25, 0.3) is 0 Å². The van der Waals surface area contributed by atoms with Gasteiger partial charge in [-0.05, 0) is 43.6 Å². The number of benzene rings is 1. The van der Waals surface area contributed by atoms with Gasteiger partial charge in [0.2, 0.25) is 5.91 Å². The monoisotopic (exact) mass is 505 g/mol. The number of piperazine rings is 1. The van der Waals surface area contributed by atoms with Crippen molar-refractivity contribution in [2.75, 3.05) is 53.4 Å². The minimum absolute atomic E-state index is 0. The lowest BCUT2D eigenvalue weighted by molar-refractivity contribution is -0.135. The molecule has 6 nitrogen and oxygen atoms in total. The molecule has 0 saturated carbocycles. The molecule has 1 amide bonds. The Morgan fingerprint density at radius 2 is 2.00 bits per heavy atom. The molecular weight excluding hydrogens is 477 g/mol. The fourth-order valence-electron chi connectivity index (χ4n) is 3.63. The van der Waals surface area contributed by atoms with Crippen LogP contribution >= 0.6 is 35.6 Å². The van der Waals surface area contributed by atoms with Crippen molar-refractivity contribution in [1.29, 1.82) is 0 Å². The number of amides is 1. The molecule has 2 heterocycles. The van der Waals surface area contributed by atoms with Gasteiger partial charge in [-0.2, -0.15) is 0 Å². The maximum Gasteiger partial charge on any atom is 0.242 e. The SMILES string of the molecule is CN=C(NCC1CCN(C)C1)N1CCN(Cc2ccc(Cl)cc2)C(=O)C1.I. The first-order valence-corrected chi connectivity index (χ1v) is 9.59. The van der Waals surface area contributed by atoms with Crippen LogP contribution in [0.2, 0.25) is 5.02 Å². The molecule has 8 heteroatoms. The summed E-state index contributed by atoms with van der Waals surface area (Å²) in [4.78, 5) is 23.3. The summed E-state index contributed by atoms with van der Waals surface area (Å²) in [6.07, 6.45) is 1.22. The highest BCUT2D eigenvalue weighted by Crippen LogP contribution is 2.15. The highest BCUT2D eigenvalue weighted by Gasteiger charge is 2.27. The van der Waals surface area contributed by atoms with Crippen molar-refractivity contribution >= 4 is 47.4 Å². The molecule has 0 aromatic heterocycles. The van der Waals surface area contributed by atoms with Crippen LogP contribution in [0.1, 0.15) is 12.0 Å². The van der Waals surface area contributed by atoms with E-state index in [1.165, 1.54) is 6.42 Å². The first kappa shape index (κ1) is 22.2. The second-order valence-electron chi connectivity index (χ2n) is 7.21. The Labute approximate surface area is 183 Å². The number of nitrogens with zero attached hydrogens (tertiary/aromatic N) is 4. The summed E-state index contributed by atoms with van der Waals surface area (Å²) < 4.78 is 0. The van der Waals surface area contributed by atoms with Crippen LogP contribution in [-0.2, 0) is 11.3 Å². The Bertz CT molecular complexity index is 654. The van der Waals surface area contributed by atoms with E-state index in [0.29, 0.717) is 30.6 Å². The number of carbonyl (C=O) groups is 1. The second-order valence-corrected chi connectivity index (χ2v) is 7.64. The van der Waals surface area contributed by atoms with Crippen molar-refractivity contribution in [2.45, 2.75) is 13.0 Å². The lowest BCUT2D eigenvalue weighted by atomic mass is 10.1. The van der Waals surface area contributed by atoms with E-state index in [-0.39, 0.29) is 29.9 Å². The molecule has 2 aliphatic rings. The van der Waals surface area contributed by atoms with Gasteiger partial charge in [-0.3, -0.25) is 9.79 Å². The smallest absolute Gasteiger partial charge is 0.242 e. The molecule has 3 rings (SSSR count). The fourth-order valence-corrected chi connectivity index (χ4v) is 3.75. The molecule has 0 radical (unpaired) electrons. The molecule has 2 saturated heterocycles. The summed E-state index contributed by atoms with van der Waals surface area (Å²) in [6.45, 7) is 5.70. The van der Waals surface area contributed by atoms with Gasteiger partial charge < -0.3 is 20.0 Å². The lowest BCUT2D eigenvalue weighted by Gasteiger charge is -2.36. The van der Waals surface area contributed by atoms with Gasteiger partial charge in [0.1, 0.15) is 0 Å². The predicted octanol–water partition coefficient (Wildman–Crippen LogP) is 2.13. The van der Waals surface area contributed by atoms with Gasteiger partial charge in [0, 0.05) is 44.8 Å². The third-order valence-electron chi connectivity index (χ3n) is 5.15. The number of halogens is 2. The summed E-state index contributed by atoms with van der Waals surface area (Å²) in [5.41, 5.74) is 1.10. The van der Waals surface area contributed by atoms with E-state index in [0.717, 1.165) is 37.7 Å². The van der Waals surface area contributed by atoms with Crippen LogP contribution in [0, 0.1) is 5.92 Å². The normalized spacial score (nSPS) is 21.4. The van der Waals surface area contributed by atoms with E-state index in [1.54, 1.807) is 7.05 Å². The summed E-state index contributed by atoms with van der Waals surface area (Å²) in [5, 5.41) is 4.17. The Morgan fingerprint density at radius 3 is 2.59 bits per heavy atom. The Morgan fingerprint density at radius 1 is 1.26 bits per heavy atom. The Balaban J connectivity index is 0.00000261. The van der Waals surface area contributed by atoms with Gasteiger partial charge in [0.15, 0.2) is 5.96 Å². The van der Waals surface area contributed by atoms with Crippen molar-refractivity contribution in [3.63, 3.8) is 0 Å². The summed E-state index contributed by atoms with van der Waals surface area (Å²) in [7, 11) is 3.95. The van der Waals surface area contributed by atoms with Crippen molar-refractivity contribution in [2.24, 2.45) is 10.9 Å². The zero-order valence-corrected chi connectivity index (χ0v) is 19.1. The summed E-state index contributed by atoms with van der Waals surface area (Å²) in [5.74, 6) is 1.62. The molecule has 1 aromatic rings. The van der Waals surface area contributed by atoms with Crippen LogP contribution < -0.4 is 5.32 Å². The molecule has 0 aliphatic carbocycles. The zero-order valence-electron chi connectivity index (χ0n) is 16.0. The van der Waals surface area contributed by atoms with E-state index in [1.807, 2.05) is 29.2 Å². The minimum Gasteiger partial charge on any atom is -0.356 e. The Hall–Kier alpha value is -1.06. The van der Waals surface area contributed by atoms with Gasteiger partial charge in [0.25, 0.3) is 0 Å². The zero-order chi connectivity index (χ0) is 18.5. The van der Waals surface area contributed by atoms with E-state index in [4.69, 9.17) is 11.6 Å². The number of likely N-dealkylation sites (tertiary alicyclic amines) is 1. The molecule has 150 valence electrons. The highest BCUT2D eigenvalue weighted by atomic mass is 127. The average molecular weight is 506 g/mol. The minimum atomic E-state index is 0. The molecule has 0 spiro atoms. The first-order chi connectivity index (χ1) is 12.5. The van der Waals surface area contributed by atoms with Crippen LogP contribution in [0.5, 0.6) is 0 Å². The number of nitrogens with one attached hydrogen (secondary N) is 1. The van der Waals surface area contributed by atoms with Crippen LogP contribution in [0.3, 0.4) is 0 Å². The summed E-state index contributed by atoms with van der Waals surface area (Å²) in [6, 6.07) is 7.68. The van der Waals surface area contributed by atoms with Crippen molar-refractivity contribution in [3.8, 4) is 0 Å². The Kier molecular flexibility index (Phi) is 8.62. The molecule has 0 bridgehead atoms. The number of hydrogen-bond acceptors (Lipinski definition) is 3. The quantitative estimate of drug-likeness (QED) is 0.387.